The van der Waals surface area contributed by atoms with Crippen LogP contribution in [0.15, 0.2) is 12.4 Å². The van der Waals surface area contributed by atoms with Crippen LogP contribution in [0.1, 0.15) is 13.3 Å². The Morgan fingerprint density at radius 3 is 3.06 bits per heavy atom. The van der Waals surface area contributed by atoms with Crippen molar-refractivity contribution in [2.24, 2.45) is 0 Å². The van der Waals surface area contributed by atoms with Crippen LogP contribution in [0.4, 0.5) is 5.82 Å². The molecule has 86 valence electrons. The Hall–Kier alpha value is -1.43. The number of anilines is 1. The molecule has 0 aliphatic carbocycles. The van der Waals surface area contributed by atoms with Gasteiger partial charge < -0.3 is 4.90 Å². The Kier molecular flexibility index (Phi) is 3.19. The van der Waals surface area contributed by atoms with E-state index in [1.165, 1.54) is 0 Å². The molecule has 0 spiro atoms. The molecule has 0 bridgehead atoms. The van der Waals surface area contributed by atoms with E-state index in [0.717, 1.165) is 18.8 Å². The van der Waals surface area contributed by atoms with Crippen LogP contribution >= 0.6 is 11.6 Å². The summed E-state index contributed by atoms with van der Waals surface area (Å²) < 4.78 is 1.66. The van der Waals surface area contributed by atoms with Gasteiger partial charge >= 0.3 is 0 Å². The number of rotatable bonds is 4. The Bertz CT molecular complexity index is 468. The predicted molar refractivity (Wildman–Crippen MR) is 61.8 cm³/mol. The van der Waals surface area contributed by atoms with Crippen molar-refractivity contribution in [3.05, 3.63) is 12.4 Å². The number of aromatic nitrogens is 5. The maximum absolute atomic E-state index is 5.92. The molecule has 0 saturated heterocycles. The van der Waals surface area contributed by atoms with E-state index in [0.29, 0.717) is 5.65 Å². The maximum atomic E-state index is 5.92. The van der Waals surface area contributed by atoms with E-state index in [1.807, 2.05) is 18.9 Å². The molecule has 1 atom stereocenters. The number of halogens is 1. The second kappa shape index (κ2) is 4.61. The molecule has 0 aromatic carbocycles. The average Bonchev–Trinajstić information content (AvgIpc) is 2.73. The van der Waals surface area contributed by atoms with Gasteiger partial charge in [0.1, 0.15) is 0 Å². The Balaban J connectivity index is 2.22. The van der Waals surface area contributed by atoms with Crippen molar-refractivity contribution < 1.29 is 0 Å². The second-order valence-corrected chi connectivity index (χ2v) is 4.45. The normalized spacial score (nSPS) is 12.9. The van der Waals surface area contributed by atoms with Gasteiger partial charge in [0.2, 0.25) is 0 Å². The van der Waals surface area contributed by atoms with E-state index in [-0.39, 0.29) is 5.38 Å². The van der Waals surface area contributed by atoms with Crippen LogP contribution in [-0.2, 0) is 0 Å². The summed E-state index contributed by atoms with van der Waals surface area (Å²) in [5, 5.41) is 11.5. The highest BCUT2D eigenvalue weighted by Gasteiger charge is 2.09. The Morgan fingerprint density at radius 2 is 2.31 bits per heavy atom. The summed E-state index contributed by atoms with van der Waals surface area (Å²) in [6.45, 7) is 2.82. The third kappa shape index (κ3) is 2.21. The molecule has 16 heavy (non-hydrogen) atoms. The van der Waals surface area contributed by atoms with E-state index in [9.17, 15) is 0 Å². The van der Waals surface area contributed by atoms with Crippen molar-refractivity contribution in [3.8, 4) is 0 Å². The minimum absolute atomic E-state index is 0.156. The van der Waals surface area contributed by atoms with E-state index < -0.39 is 0 Å². The smallest absolute Gasteiger partial charge is 0.199 e. The lowest BCUT2D eigenvalue weighted by molar-refractivity contribution is 0.736. The van der Waals surface area contributed by atoms with Crippen molar-refractivity contribution >= 4 is 23.1 Å². The summed E-state index contributed by atoms with van der Waals surface area (Å²) in [5.74, 6) is 0.861. The van der Waals surface area contributed by atoms with Crippen LogP contribution in [0.5, 0.6) is 0 Å². The molecular formula is C9H13ClN6. The molecular weight excluding hydrogens is 228 g/mol. The fourth-order valence-corrected chi connectivity index (χ4v) is 1.51. The van der Waals surface area contributed by atoms with Crippen LogP contribution < -0.4 is 4.90 Å². The van der Waals surface area contributed by atoms with Gasteiger partial charge in [-0.15, -0.1) is 16.7 Å². The van der Waals surface area contributed by atoms with Crippen LogP contribution in [-0.4, -0.2) is 44.0 Å². The van der Waals surface area contributed by atoms with Crippen molar-refractivity contribution in [1.82, 2.24) is 25.0 Å². The zero-order valence-electron chi connectivity index (χ0n) is 9.21. The third-order valence-electron chi connectivity index (χ3n) is 2.34. The minimum atomic E-state index is 0.156. The molecule has 0 amide bonds. The van der Waals surface area contributed by atoms with Crippen LogP contribution in [0.25, 0.3) is 5.65 Å². The summed E-state index contributed by atoms with van der Waals surface area (Å²) >= 11 is 5.92. The van der Waals surface area contributed by atoms with Crippen molar-refractivity contribution in [1.29, 1.82) is 0 Å². The van der Waals surface area contributed by atoms with Crippen LogP contribution in [0.2, 0.25) is 0 Å². The molecule has 2 aromatic rings. The van der Waals surface area contributed by atoms with Crippen LogP contribution in [0, 0.1) is 0 Å². The molecule has 0 radical (unpaired) electrons. The molecule has 2 heterocycles. The van der Waals surface area contributed by atoms with Gasteiger partial charge in [0.15, 0.2) is 11.5 Å². The molecule has 0 N–H and O–H groups in total. The zero-order chi connectivity index (χ0) is 11.5. The lowest BCUT2D eigenvalue weighted by Gasteiger charge is -2.19. The first-order valence-corrected chi connectivity index (χ1v) is 5.49. The summed E-state index contributed by atoms with van der Waals surface area (Å²) in [4.78, 5) is 6.13. The van der Waals surface area contributed by atoms with Crippen LogP contribution in [0.3, 0.4) is 0 Å². The highest BCUT2D eigenvalue weighted by Crippen LogP contribution is 2.12. The van der Waals surface area contributed by atoms with Crippen molar-refractivity contribution in [2.75, 3.05) is 18.5 Å². The molecule has 7 heteroatoms. The first kappa shape index (κ1) is 11.1. The third-order valence-corrected chi connectivity index (χ3v) is 2.56. The van der Waals surface area contributed by atoms with Crippen molar-refractivity contribution in [3.63, 3.8) is 0 Å². The molecule has 2 rings (SSSR count). The predicted octanol–water partition coefficient (Wildman–Crippen LogP) is 0.973. The lowest BCUT2D eigenvalue weighted by Crippen LogP contribution is -2.23. The maximum Gasteiger partial charge on any atom is 0.199 e. The molecule has 0 fully saturated rings. The molecule has 2 aromatic heterocycles. The number of hydrogen-bond donors (Lipinski definition) is 0. The second-order valence-electron chi connectivity index (χ2n) is 3.71. The van der Waals surface area contributed by atoms with Gasteiger partial charge in [-0.25, -0.2) is 0 Å². The molecule has 0 aliphatic rings. The van der Waals surface area contributed by atoms with Gasteiger partial charge in [0.05, 0.1) is 12.4 Å². The SMILES string of the molecule is CC(Cl)CCN(C)c1cncc2nnnn12. The highest BCUT2D eigenvalue weighted by molar-refractivity contribution is 6.20. The van der Waals surface area contributed by atoms with E-state index in [2.05, 4.69) is 20.5 Å². The standard InChI is InChI=1S/C9H13ClN6/c1-7(10)3-4-15(2)9-6-11-5-8-12-13-14-16(8)9/h5-7H,3-4H2,1-2H3. The van der Waals surface area contributed by atoms with Gasteiger partial charge in [-0.3, -0.25) is 4.98 Å². The number of alkyl halides is 1. The first-order chi connectivity index (χ1) is 7.68. The number of nitrogens with zero attached hydrogens (tertiary/aromatic N) is 6. The fourth-order valence-electron chi connectivity index (χ4n) is 1.41. The van der Waals surface area contributed by atoms with E-state index >= 15 is 0 Å². The van der Waals surface area contributed by atoms with Gasteiger partial charge in [0.25, 0.3) is 0 Å². The summed E-state index contributed by atoms with van der Waals surface area (Å²) in [6.07, 6.45) is 4.26. The highest BCUT2D eigenvalue weighted by atomic mass is 35.5. The Labute approximate surface area is 98.2 Å². The minimum Gasteiger partial charge on any atom is -0.358 e. The number of tetrazole rings is 1. The Morgan fingerprint density at radius 1 is 1.50 bits per heavy atom. The lowest BCUT2D eigenvalue weighted by atomic mass is 10.3. The van der Waals surface area contributed by atoms with E-state index in [1.54, 1.807) is 16.9 Å². The molecule has 0 aliphatic heterocycles. The zero-order valence-corrected chi connectivity index (χ0v) is 9.96. The van der Waals surface area contributed by atoms with Gasteiger partial charge in [-0.05, 0) is 23.8 Å². The summed E-state index contributed by atoms with van der Waals surface area (Å²) in [5.41, 5.74) is 0.642. The summed E-state index contributed by atoms with van der Waals surface area (Å²) in [6, 6.07) is 0. The number of fused-ring (bicyclic) bond motifs is 1. The summed E-state index contributed by atoms with van der Waals surface area (Å²) in [7, 11) is 1.97. The topological polar surface area (TPSA) is 59.2 Å². The van der Waals surface area contributed by atoms with Gasteiger partial charge in [-0.2, -0.15) is 4.52 Å². The largest absolute Gasteiger partial charge is 0.358 e. The average molecular weight is 241 g/mol. The van der Waals surface area contributed by atoms with Crippen molar-refractivity contribution in [2.45, 2.75) is 18.7 Å². The number of hydrogen-bond acceptors (Lipinski definition) is 5. The molecule has 0 saturated carbocycles. The monoisotopic (exact) mass is 240 g/mol. The first-order valence-electron chi connectivity index (χ1n) is 5.06. The quantitative estimate of drug-likeness (QED) is 0.746. The van der Waals surface area contributed by atoms with Gasteiger partial charge in [-0.1, -0.05) is 0 Å². The molecule has 1 unspecified atom stereocenters. The van der Waals surface area contributed by atoms with E-state index in [4.69, 9.17) is 11.6 Å². The van der Waals surface area contributed by atoms with Gasteiger partial charge in [0, 0.05) is 19.0 Å². The molecule has 6 nitrogen and oxygen atoms in total. The fraction of sp³-hybridized carbons (Fsp3) is 0.556.